The number of nitrogens with two attached hydrogens (primary N) is 1. The minimum atomic E-state index is 0.537. The lowest BCUT2D eigenvalue weighted by atomic mass is 9.95. The number of hydrogen-bond acceptors (Lipinski definition) is 3. The molecule has 1 saturated carbocycles. The lowest BCUT2D eigenvalue weighted by Gasteiger charge is -2.24. The largest absolute Gasteiger partial charge is 0.398 e. The predicted molar refractivity (Wildman–Crippen MR) is 79.7 cm³/mol. The van der Waals surface area contributed by atoms with Gasteiger partial charge in [-0.15, -0.1) is 10.2 Å². The van der Waals surface area contributed by atoms with Gasteiger partial charge in [0.2, 0.25) is 0 Å². The van der Waals surface area contributed by atoms with Crippen molar-refractivity contribution in [1.29, 1.82) is 0 Å². The topological polar surface area (TPSA) is 56.7 Å². The Kier molecular flexibility index (Phi) is 3.55. The van der Waals surface area contributed by atoms with Crippen LogP contribution in [-0.4, -0.2) is 14.8 Å². The second-order valence-corrected chi connectivity index (χ2v) is 5.94. The second-order valence-electron chi connectivity index (χ2n) is 5.09. The molecule has 100 valence electrons. The van der Waals surface area contributed by atoms with Crippen LogP contribution < -0.4 is 5.73 Å². The summed E-state index contributed by atoms with van der Waals surface area (Å²) in [6, 6.07) is 6.46. The van der Waals surface area contributed by atoms with Crippen LogP contribution in [-0.2, 0) is 0 Å². The number of hydrogen-bond donors (Lipinski definition) is 1. The molecular formula is C14H17BrN4. The molecule has 1 aliphatic carbocycles. The highest BCUT2D eigenvalue weighted by Gasteiger charge is 2.19. The van der Waals surface area contributed by atoms with Gasteiger partial charge in [-0.05, 0) is 47.0 Å². The van der Waals surface area contributed by atoms with Crippen molar-refractivity contribution in [3.05, 3.63) is 29.0 Å². The minimum Gasteiger partial charge on any atom is -0.398 e. The number of aromatic nitrogens is 3. The summed E-state index contributed by atoms with van der Waals surface area (Å²) >= 11 is 3.47. The predicted octanol–water partition coefficient (Wildman–Crippen LogP) is 3.80. The number of halogens is 1. The first-order valence-corrected chi connectivity index (χ1v) is 7.50. The molecule has 0 unspecified atom stereocenters. The molecule has 2 N–H and O–H groups in total. The van der Waals surface area contributed by atoms with E-state index in [2.05, 4.69) is 30.7 Å². The van der Waals surface area contributed by atoms with Gasteiger partial charge in [0.15, 0.2) is 5.82 Å². The van der Waals surface area contributed by atoms with Crippen molar-refractivity contribution in [3.63, 3.8) is 0 Å². The van der Waals surface area contributed by atoms with Gasteiger partial charge >= 0.3 is 0 Å². The standard InChI is InChI=1S/C14H17BrN4/c15-12-8-10(6-7-13(12)16)14-18-17-9-19(14)11-4-2-1-3-5-11/h6-9,11H,1-5,16H2. The molecule has 2 aromatic rings. The number of benzene rings is 1. The third-order valence-electron chi connectivity index (χ3n) is 3.80. The fourth-order valence-electron chi connectivity index (χ4n) is 2.74. The summed E-state index contributed by atoms with van der Waals surface area (Å²) in [5, 5.41) is 8.38. The van der Waals surface area contributed by atoms with Gasteiger partial charge in [-0.3, -0.25) is 0 Å². The molecule has 0 amide bonds. The van der Waals surface area contributed by atoms with Crippen molar-refractivity contribution in [2.24, 2.45) is 0 Å². The molecule has 4 nitrogen and oxygen atoms in total. The molecule has 0 saturated heterocycles. The summed E-state index contributed by atoms with van der Waals surface area (Å²) in [6.07, 6.45) is 8.25. The van der Waals surface area contributed by atoms with Crippen molar-refractivity contribution in [2.45, 2.75) is 38.1 Å². The average molecular weight is 321 g/mol. The number of nitrogen functional groups attached to an aromatic ring is 1. The third-order valence-corrected chi connectivity index (χ3v) is 4.49. The second kappa shape index (κ2) is 5.33. The van der Waals surface area contributed by atoms with E-state index in [1.807, 2.05) is 24.5 Å². The third kappa shape index (κ3) is 2.52. The van der Waals surface area contributed by atoms with Crippen LogP contribution in [0.1, 0.15) is 38.1 Å². The Morgan fingerprint density at radius 1 is 1.21 bits per heavy atom. The molecule has 1 heterocycles. The Morgan fingerprint density at radius 3 is 2.74 bits per heavy atom. The van der Waals surface area contributed by atoms with E-state index in [-0.39, 0.29) is 0 Å². The monoisotopic (exact) mass is 320 g/mol. The van der Waals surface area contributed by atoms with E-state index in [4.69, 9.17) is 5.73 Å². The van der Waals surface area contributed by atoms with Gasteiger partial charge in [-0.1, -0.05) is 19.3 Å². The first-order chi connectivity index (χ1) is 9.25. The number of nitrogens with zero attached hydrogens (tertiary/aromatic N) is 3. The first-order valence-electron chi connectivity index (χ1n) is 6.70. The van der Waals surface area contributed by atoms with Crippen molar-refractivity contribution in [3.8, 4) is 11.4 Å². The van der Waals surface area contributed by atoms with Crippen molar-refractivity contribution in [1.82, 2.24) is 14.8 Å². The van der Waals surface area contributed by atoms with Gasteiger partial charge in [0.1, 0.15) is 6.33 Å². The highest BCUT2D eigenvalue weighted by Crippen LogP contribution is 2.32. The van der Waals surface area contributed by atoms with Crippen LogP contribution in [0.4, 0.5) is 5.69 Å². The Bertz CT molecular complexity index is 573. The van der Waals surface area contributed by atoms with E-state index >= 15 is 0 Å². The quantitative estimate of drug-likeness (QED) is 0.856. The summed E-state index contributed by atoms with van der Waals surface area (Å²) in [5.41, 5.74) is 7.64. The summed E-state index contributed by atoms with van der Waals surface area (Å²) < 4.78 is 3.13. The normalized spacial score (nSPS) is 16.7. The van der Waals surface area contributed by atoms with Gasteiger partial charge in [0.05, 0.1) is 0 Å². The van der Waals surface area contributed by atoms with Crippen LogP contribution in [0.5, 0.6) is 0 Å². The van der Waals surface area contributed by atoms with Crippen molar-refractivity contribution in [2.75, 3.05) is 5.73 Å². The molecule has 0 aliphatic heterocycles. The maximum Gasteiger partial charge on any atom is 0.164 e. The maximum absolute atomic E-state index is 5.83. The smallest absolute Gasteiger partial charge is 0.164 e. The lowest BCUT2D eigenvalue weighted by molar-refractivity contribution is 0.355. The molecule has 19 heavy (non-hydrogen) atoms. The van der Waals surface area contributed by atoms with Crippen molar-refractivity contribution >= 4 is 21.6 Å². The average Bonchev–Trinajstić information content (AvgIpc) is 2.92. The number of rotatable bonds is 2. The molecule has 3 rings (SSSR count). The summed E-state index contributed by atoms with van der Waals surface area (Å²) in [7, 11) is 0. The van der Waals surface area contributed by atoms with Gasteiger partial charge in [0, 0.05) is 21.8 Å². The van der Waals surface area contributed by atoms with E-state index in [1.54, 1.807) is 0 Å². The molecule has 0 atom stereocenters. The molecule has 1 aromatic heterocycles. The molecule has 5 heteroatoms. The Hall–Kier alpha value is -1.36. The number of anilines is 1. The van der Waals surface area contributed by atoms with Crippen LogP contribution in [0.2, 0.25) is 0 Å². The van der Waals surface area contributed by atoms with Crippen LogP contribution in [0.25, 0.3) is 11.4 Å². The Balaban J connectivity index is 1.96. The van der Waals surface area contributed by atoms with Crippen molar-refractivity contribution < 1.29 is 0 Å². The van der Waals surface area contributed by atoms with E-state index in [1.165, 1.54) is 32.1 Å². The van der Waals surface area contributed by atoms with E-state index < -0.39 is 0 Å². The molecular weight excluding hydrogens is 304 g/mol. The van der Waals surface area contributed by atoms with Gasteiger partial charge in [0.25, 0.3) is 0 Å². The van der Waals surface area contributed by atoms with E-state index in [9.17, 15) is 0 Å². The van der Waals surface area contributed by atoms with Gasteiger partial charge in [-0.25, -0.2) is 0 Å². The molecule has 1 aromatic carbocycles. The summed E-state index contributed by atoms with van der Waals surface area (Å²) in [6.45, 7) is 0. The Morgan fingerprint density at radius 2 is 2.00 bits per heavy atom. The van der Waals surface area contributed by atoms with Crippen LogP contribution in [0, 0.1) is 0 Å². The SMILES string of the molecule is Nc1ccc(-c2nncn2C2CCCCC2)cc1Br. The zero-order valence-corrected chi connectivity index (χ0v) is 12.3. The summed E-state index contributed by atoms with van der Waals surface area (Å²) in [5.74, 6) is 0.938. The Labute approximate surface area is 121 Å². The highest BCUT2D eigenvalue weighted by atomic mass is 79.9. The highest BCUT2D eigenvalue weighted by molar-refractivity contribution is 9.10. The van der Waals surface area contributed by atoms with Gasteiger partial charge < -0.3 is 10.3 Å². The fraction of sp³-hybridized carbons (Fsp3) is 0.429. The fourth-order valence-corrected chi connectivity index (χ4v) is 3.12. The molecule has 0 spiro atoms. The van der Waals surface area contributed by atoms with Crippen LogP contribution >= 0.6 is 15.9 Å². The van der Waals surface area contributed by atoms with E-state index in [0.29, 0.717) is 6.04 Å². The zero-order chi connectivity index (χ0) is 13.2. The van der Waals surface area contributed by atoms with Crippen LogP contribution in [0.3, 0.4) is 0 Å². The lowest BCUT2D eigenvalue weighted by Crippen LogP contribution is -2.13. The molecule has 0 bridgehead atoms. The molecule has 0 radical (unpaired) electrons. The zero-order valence-electron chi connectivity index (χ0n) is 10.7. The van der Waals surface area contributed by atoms with E-state index in [0.717, 1.165) is 21.5 Å². The van der Waals surface area contributed by atoms with Crippen LogP contribution in [0.15, 0.2) is 29.0 Å². The first kappa shape index (κ1) is 12.7. The molecule has 1 aliphatic rings. The minimum absolute atomic E-state index is 0.537. The molecule has 1 fully saturated rings. The van der Waals surface area contributed by atoms with Gasteiger partial charge in [-0.2, -0.15) is 0 Å². The maximum atomic E-state index is 5.83. The summed E-state index contributed by atoms with van der Waals surface area (Å²) in [4.78, 5) is 0.